The van der Waals surface area contributed by atoms with Crippen LogP contribution in [0.15, 0.2) is 24.3 Å². The third kappa shape index (κ3) is 21.5. The molecule has 1 heteroatoms. The van der Waals surface area contributed by atoms with E-state index in [1.165, 1.54) is 109 Å². The molecule has 0 saturated heterocycles. The molecule has 1 atom stereocenters. The molecule has 0 aliphatic rings. The van der Waals surface area contributed by atoms with Gasteiger partial charge in [-0.05, 0) is 44.9 Å². The molecule has 0 aliphatic carbocycles. The van der Waals surface area contributed by atoms with Crippen molar-refractivity contribution < 1.29 is 0 Å². The molecule has 0 saturated carbocycles. The van der Waals surface area contributed by atoms with Gasteiger partial charge in [0.1, 0.15) is 0 Å². The quantitative estimate of drug-likeness (QED) is 0.170. The molecule has 26 heavy (non-hydrogen) atoms. The lowest BCUT2D eigenvalue weighted by atomic mass is 10.0. The second-order valence-electron chi connectivity index (χ2n) is 7.98. The maximum absolute atomic E-state index is 6.17. The van der Waals surface area contributed by atoms with E-state index in [1.807, 2.05) is 0 Å². The lowest BCUT2D eigenvalue weighted by Gasteiger charge is -2.10. The first-order chi connectivity index (χ1) is 12.8. The summed E-state index contributed by atoms with van der Waals surface area (Å²) in [6, 6.07) is 0.458. The standard InChI is InChI=1S/C25H49N/c1-3-5-7-8-9-10-11-12-13-14-15-16-17-18-19-20-22-24-25(26)23-21-6-4-2/h9-10,12-13,25H,3-8,11,14-24,26H2,1-2H3/b10-9+,13-12+. The van der Waals surface area contributed by atoms with Crippen LogP contribution in [-0.2, 0) is 0 Å². The van der Waals surface area contributed by atoms with Crippen molar-refractivity contribution in [3.8, 4) is 0 Å². The summed E-state index contributed by atoms with van der Waals surface area (Å²) in [4.78, 5) is 0. The molecule has 0 radical (unpaired) electrons. The number of nitrogens with two attached hydrogens (primary N) is 1. The van der Waals surface area contributed by atoms with Crippen LogP contribution in [0.4, 0.5) is 0 Å². The predicted octanol–water partition coefficient (Wildman–Crippen LogP) is 8.49. The van der Waals surface area contributed by atoms with Crippen LogP contribution in [-0.4, -0.2) is 6.04 Å². The van der Waals surface area contributed by atoms with Gasteiger partial charge in [0, 0.05) is 6.04 Å². The maximum atomic E-state index is 6.17. The van der Waals surface area contributed by atoms with Crippen molar-refractivity contribution in [1.82, 2.24) is 0 Å². The molecule has 0 fully saturated rings. The SMILES string of the molecule is CCCCC/C=C/C/C=C/CCCCCCCCCC(N)CCCCC. The lowest BCUT2D eigenvalue weighted by Crippen LogP contribution is -2.19. The molecule has 154 valence electrons. The molecule has 0 spiro atoms. The van der Waals surface area contributed by atoms with Crippen LogP contribution in [0.5, 0.6) is 0 Å². The average Bonchev–Trinajstić information content (AvgIpc) is 2.64. The van der Waals surface area contributed by atoms with Crippen molar-refractivity contribution in [2.75, 3.05) is 0 Å². The molecule has 1 unspecified atom stereocenters. The molecule has 0 bridgehead atoms. The minimum atomic E-state index is 0.458. The Kier molecular flexibility index (Phi) is 22.0. The number of hydrogen-bond donors (Lipinski definition) is 1. The van der Waals surface area contributed by atoms with Gasteiger partial charge >= 0.3 is 0 Å². The van der Waals surface area contributed by atoms with Gasteiger partial charge in [0.15, 0.2) is 0 Å². The van der Waals surface area contributed by atoms with Crippen molar-refractivity contribution in [1.29, 1.82) is 0 Å². The molecule has 1 nitrogen and oxygen atoms in total. The van der Waals surface area contributed by atoms with Crippen LogP contribution >= 0.6 is 0 Å². The average molecular weight is 364 g/mol. The topological polar surface area (TPSA) is 26.0 Å². The van der Waals surface area contributed by atoms with E-state index in [1.54, 1.807) is 0 Å². The Morgan fingerprint density at radius 1 is 0.538 bits per heavy atom. The Morgan fingerprint density at radius 3 is 1.54 bits per heavy atom. The molecule has 0 heterocycles. The number of hydrogen-bond acceptors (Lipinski definition) is 1. The summed E-state index contributed by atoms with van der Waals surface area (Å²) < 4.78 is 0. The molecule has 0 rings (SSSR count). The van der Waals surface area contributed by atoms with Gasteiger partial charge in [0.05, 0.1) is 0 Å². The molecule has 0 aromatic heterocycles. The third-order valence-electron chi connectivity index (χ3n) is 5.20. The number of unbranched alkanes of at least 4 members (excludes halogenated alkanes) is 12. The van der Waals surface area contributed by atoms with Gasteiger partial charge in [-0.25, -0.2) is 0 Å². The summed E-state index contributed by atoms with van der Waals surface area (Å²) in [5.74, 6) is 0. The zero-order valence-corrected chi connectivity index (χ0v) is 18.2. The normalized spacial score (nSPS) is 13.2. The van der Waals surface area contributed by atoms with Crippen LogP contribution in [0.2, 0.25) is 0 Å². The Hall–Kier alpha value is -0.560. The smallest absolute Gasteiger partial charge is 0.00388 e. The van der Waals surface area contributed by atoms with E-state index in [0.29, 0.717) is 6.04 Å². The molecular formula is C25H49N. The first-order valence-corrected chi connectivity index (χ1v) is 11.9. The van der Waals surface area contributed by atoms with Crippen LogP contribution in [0.25, 0.3) is 0 Å². The summed E-state index contributed by atoms with van der Waals surface area (Å²) in [6.45, 7) is 4.52. The van der Waals surface area contributed by atoms with E-state index in [9.17, 15) is 0 Å². The van der Waals surface area contributed by atoms with Crippen molar-refractivity contribution in [3.63, 3.8) is 0 Å². The van der Waals surface area contributed by atoms with Crippen LogP contribution in [0.1, 0.15) is 129 Å². The summed E-state index contributed by atoms with van der Waals surface area (Å²) >= 11 is 0. The third-order valence-corrected chi connectivity index (χ3v) is 5.20. The van der Waals surface area contributed by atoms with Gasteiger partial charge in [-0.15, -0.1) is 0 Å². The Bertz CT molecular complexity index is 305. The molecule has 0 aromatic rings. The lowest BCUT2D eigenvalue weighted by molar-refractivity contribution is 0.490. The Labute approximate surface area is 165 Å². The zero-order valence-electron chi connectivity index (χ0n) is 18.2. The van der Waals surface area contributed by atoms with Crippen molar-refractivity contribution in [2.24, 2.45) is 5.73 Å². The van der Waals surface area contributed by atoms with E-state index in [0.717, 1.165) is 6.42 Å². The van der Waals surface area contributed by atoms with Gasteiger partial charge in [0.2, 0.25) is 0 Å². The number of allylic oxidation sites excluding steroid dienone is 4. The van der Waals surface area contributed by atoms with Crippen LogP contribution in [0.3, 0.4) is 0 Å². The van der Waals surface area contributed by atoms with E-state index < -0.39 is 0 Å². The summed E-state index contributed by atoms with van der Waals surface area (Å²) in [5, 5.41) is 0. The molecule has 2 N–H and O–H groups in total. The van der Waals surface area contributed by atoms with E-state index in [-0.39, 0.29) is 0 Å². The van der Waals surface area contributed by atoms with Crippen molar-refractivity contribution in [3.05, 3.63) is 24.3 Å². The molecule has 0 aromatic carbocycles. The van der Waals surface area contributed by atoms with Gasteiger partial charge in [-0.3, -0.25) is 0 Å². The van der Waals surface area contributed by atoms with Gasteiger partial charge in [0.25, 0.3) is 0 Å². The van der Waals surface area contributed by atoms with Crippen molar-refractivity contribution in [2.45, 2.75) is 135 Å². The van der Waals surface area contributed by atoms with Crippen molar-refractivity contribution >= 4 is 0 Å². The van der Waals surface area contributed by atoms with Gasteiger partial charge in [-0.1, -0.05) is 109 Å². The molecule has 0 amide bonds. The highest BCUT2D eigenvalue weighted by atomic mass is 14.6. The fourth-order valence-electron chi connectivity index (χ4n) is 3.37. The number of rotatable bonds is 20. The van der Waals surface area contributed by atoms with Gasteiger partial charge in [-0.2, -0.15) is 0 Å². The van der Waals surface area contributed by atoms with Gasteiger partial charge < -0.3 is 5.73 Å². The second kappa shape index (κ2) is 22.5. The fraction of sp³-hybridized carbons (Fsp3) is 0.840. The maximum Gasteiger partial charge on any atom is 0.00388 e. The first-order valence-electron chi connectivity index (χ1n) is 11.9. The summed E-state index contributed by atoms with van der Waals surface area (Å²) in [6.07, 6.45) is 33.2. The highest BCUT2D eigenvalue weighted by Crippen LogP contribution is 2.12. The summed E-state index contributed by atoms with van der Waals surface area (Å²) in [5.41, 5.74) is 6.17. The van der Waals surface area contributed by atoms with E-state index in [4.69, 9.17) is 5.73 Å². The second-order valence-corrected chi connectivity index (χ2v) is 7.98. The Balaban J connectivity index is 3.20. The minimum absolute atomic E-state index is 0.458. The monoisotopic (exact) mass is 363 g/mol. The molecule has 0 aliphatic heterocycles. The highest BCUT2D eigenvalue weighted by Gasteiger charge is 2.01. The van der Waals surface area contributed by atoms with E-state index in [2.05, 4.69) is 38.2 Å². The highest BCUT2D eigenvalue weighted by molar-refractivity contribution is 4.92. The minimum Gasteiger partial charge on any atom is -0.328 e. The molecular weight excluding hydrogens is 314 g/mol. The zero-order chi connectivity index (χ0) is 19.1. The summed E-state index contributed by atoms with van der Waals surface area (Å²) in [7, 11) is 0. The fourth-order valence-corrected chi connectivity index (χ4v) is 3.37. The largest absolute Gasteiger partial charge is 0.328 e. The predicted molar refractivity (Wildman–Crippen MR) is 121 cm³/mol. The van der Waals surface area contributed by atoms with Crippen LogP contribution in [0, 0.1) is 0 Å². The Morgan fingerprint density at radius 2 is 0.962 bits per heavy atom. The van der Waals surface area contributed by atoms with Crippen LogP contribution < -0.4 is 5.73 Å². The first kappa shape index (κ1) is 25.4. The van der Waals surface area contributed by atoms with E-state index >= 15 is 0 Å².